The summed E-state index contributed by atoms with van der Waals surface area (Å²) in [4.78, 5) is 11.9. The molecule has 2 aromatic rings. The molecule has 1 amide bonds. The smallest absolute Gasteiger partial charge is 0.258 e. The molecular weight excluding hydrogens is 359 g/mol. The Bertz CT molecular complexity index is 670. The number of carbonyl (C=O) groups is 1. The van der Waals surface area contributed by atoms with Crippen molar-refractivity contribution in [2.75, 3.05) is 5.32 Å². The van der Waals surface area contributed by atoms with E-state index in [1.807, 2.05) is 0 Å². The van der Waals surface area contributed by atoms with Gasteiger partial charge in [0.2, 0.25) is 0 Å². The van der Waals surface area contributed by atoms with Gasteiger partial charge in [0.1, 0.15) is 17.5 Å². The van der Waals surface area contributed by atoms with Gasteiger partial charge in [-0.2, -0.15) is 0 Å². The summed E-state index contributed by atoms with van der Waals surface area (Å²) in [7, 11) is 0. The number of anilines is 1. The van der Waals surface area contributed by atoms with Crippen LogP contribution in [0.25, 0.3) is 0 Å². The highest BCUT2D eigenvalue weighted by Crippen LogP contribution is 2.32. The normalized spacial score (nSPS) is 10.4. The Morgan fingerprint density at radius 1 is 1.10 bits per heavy atom. The molecule has 7 heteroatoms. The molecular formula is C13H6BrClF3NO. The van der Waals surface area contributed by atoms with Gasteiger partial charge in [-0.3, -0.25) is 4.79 Å². The summed E-state index contributed by atoms with van der Waals surface area (Å²) in [6.07, 6.45) is 0. The maximum atomic E-state index is 13.5. The first kappa shape index (κ1) is 14.9. The first-order valence-electron chi connectivity index (χ1n) is 5.29. The predicted molar refractivity (Wildman–Crippen MR) is 73.4 cm³/mol. The van der Waals surface area contributed by atoms with Crippen LogP contribution in [-0.4, -0.2) is 5.91 Å². The summed E-state index contributed by atoms with van der Waals surface area (Å²) in [5.41, 5.74) is -0.250. The Hall–Kier alpha value is -1.53. The van der Waals surface area contributed by atoms with Crippen molar-refractivity contribution in [1.29, 1.82) is 0 Å². The molecule has 104 valence electrons. The maximum Gasteiger partial charge on any atom is 0.258 e. The van der Waals surface area contributed by atoms with E-state index in [4.69, 9.17) is 11.6 Å². The van der Waals surface area contributed by atoms with E-state index >= 15 is 0 Å². The lowest BCUT2D eigenvalue weighted by Crippen LogP contribution is -2.14. The second-order valence-corrected chi connectivity index (χ2v) is 5.08. The number of hydrogen-bond donors (Lipinski definition) is 1. The molecule has 2 aromatic carbocycles. The first-order valence-corrected chi connectivity index (χ1v) is 6.46. The van der Waals surface area contributed by atoms with Crippen LogP contribution in [-0.2, 0) is 0 Å². The molecule has 2 rings (SSSR count). The van der Waals surface area contributed by atoms with E-state index in [1.54, 1.807) is 0 Å². The Morgan fingerprint density at radius 3 is 2.40 bits per heavy atom. The number of amides is 1. The highest BCUT2D eigenvalue weighted by atomic mass is 79.9. The third kappa shape index (κ3) is 3.13. The molecule has 0 saturated heterocycles. The average molecular weight is 365 g/mol. The van der Waals surface area contributed by atoms with Crippen molar-refractivity contribution in [2.24, 2.45) is 0 Å². The average Bonchev–Trinajstić information content (AvgIpc) is 2.33. The summed E-state index contributed by atoms with van der Waals surface area (Å²) in [6, 6.07) is 4.66. The zero-order valence-corrected chi connectivity index (χ0v) is 12.0. The first-order chi connectivity index (χ1) is 9.38. The number of carbonyl (C=O) groups excluding carboxylic acids is 1. The number of nitrogens with one attached hydrogen (secondary N) is 1. The third-order valence-corrected chi connectivity index (χ3v) is 3.34. The van der Waals surface area contributed by atoms with Crippen LogP contribution >= 0.6 is 27.5 Å². The lowest BCUT2D eigenvalue weighted by atomic mass is 10.2. The maximum absolute atomic E-state index is 13.5. The molecule has 0 unspecified atom stereocenters. The molecule has 0 fully saturated rings. The van der Waals surface area contributed by atoms with Gasteiger partial charge >= 0.3 is 0 Å². The Kier molecular flexibility index (Phi) is 4.35. The van der Waals surface area contributed by atoms with Crippen molar-refractivity contribution in [3.63, 3.8) is 0 Å². The molecule has 0 bridgehead atoms. The Balaban J connectivity index is 2.33. The van der Waals surface area contributed by atoms with Crippen LogP contribution in [0.5, 0.6) is 0 Å². The van der Waals surface area contributed by atoms with Gasteiger partial charge in [0.15, 0.2) is 0 Å². The van der Waals surface area contributed by atoms with E-state index in [9.17, 15) is 18.0 Å². The number of hydrogen-bond acceptors (Lipinski definition) is 1. The quantitative estimate of drug-likeness (QED) is 0.817. The second-order valence-electron chi connectivity index (χ2n) is 3.82. The summed E-state index contributed by atoms with van der Waals surface area (Å²) in [6.45, 7) is 0. The van der Waals surface area contributed by atoms with Crippen LogP contribution in [0.1, 0.15) is 10.4 Å². The van der Waals surface area contributed by atoms with E-state index in [0.717, 1.165) is 24.3 Å². The molecule has 1 N–H and O–H groups in total. The molecule has 0 saturated carbocycles. The van der Waals surface area contributed by atoms with Crippen LogP contribution in [0.3, 0.4) is 0 Å². The molecule has 0 aromatic heterocycles. The molecule has 0 atom stereocenters. The van der Waals surface area contributed by atoms with Crippen molar-refractivity contribution in [3.05, 3.63) is 62.8 Å². The fourth-order valence-corrected chi connectivity index (χ4v) is 2.41. The van der Waals surface area contributed by atoms with Crippen LogP contribution in [0.2, 0.25) is 5.02 Å². The summed E-state index contributed by atoms with van der Waals surface area (Å²) in [5.74, 6) is -3.21. The van der Waals surface area contributed by atoms with Crippen LogP contribution in [0, 0.1) is 17.5 Å². The number of rotatable bonds is 2. The zero-order chi connectivity index (χ0) is 14.9. The fraction of sp³-hybridized carbons (Fsp3) is 0. The third-order valence-electron chi connectivity index (χ3n) is 2.42. The topological polar surface area (TPSA) is 29.1 Å². The molecule has 0 aliphatic rings. The van der Waals surface area contributed by atoms with E-state index in [0.29, 0.717) is 6.07 Å². The molecule has 0 heterocycles. The Labute approximate surface area is 125 Å². The van der Waals surface area contributed by atoms with E-state index in [2.05, 4.69) is 21.2 Å². The van der Waals surface area contributed by atoms with Crippen LogP contribution in [0.15, 0.2) is 34.8 Å². The fourth-order valence-electron chi connectivity index (χ4n) is 1.52. The summed E-state index contributed by atoms with van der Waals surface area (Å²) >= 11 is 8.83. The molecule has 0 aliphatic carbocycles. The van der Waals surface area contributed by atoms with Crippen LogP contribution in [0.4, 0.5) is 18.9 Å². The SMILES string of the molecule is O=C(Nc1c(Cl)cc(F)cc1Br)c1ccc(F)cc1F. The Morgan fingerprint density at radius 2 is 1.80 bits per heavy atom. The molecule has 20 heavy (non-hydrogen) atoms. The van der Waals surface area contributed by atoms with E-state index < -0.39 is 23.4 Å². The van der Waals surface area contributed by atoms with Gasteiger partial charge in [-0.05, 0) is 40.2 Å². The molecule has 0 radical (unpaired) electrons. The second kappa shape index (κ2) is 5.85. The van der Waals surface area contributed by atoms with Gasteiger partial charge in [-0.15, -0.1) is 0 Å². The molecule has 2 nitrogen and oxygen atoms in total. The van der Waals surface area contributed by atoms with Crippen molar-refractivity contribution < 1.29 is 18.0 Å². The molecule has 0 spiro atoms. The summed E-state index contributed by atoms with van der Waals surface area (Å²) in [5, 5.41) is 2.29. The van der Waals surface area contributed by atoms with Gasteiger partial charge in [-0.1, -0.05) is 11.6 Å². The number of halogens is 5. The predicted octanol–water partition coefficient (Wildman–Crippen LogP) is 4.77. The van der Waals surface area contributed by atoms with Crippen molar-refractivity contribution >= 4 is 39.1 Å². The van der Waals surface area contributed by atoms with Gasteiger partial charge in [0, 0.05) is 10.5 Å². The van der Waals surface area contributed by atoms with Gasteiger partial charge in [0.05, 0.1) is 16.3 Å². The summed E-state index contributed by atoms with van der Waals surface area (Å²) < 4.78 is 39.5. The van der Waals surface area contributed by atoms with E-state index in [1.165, 1.54) is 0 Å². The lowest BCUT2D eigenvalue weighted by molar-refractivity contribution is 0.102. The minimum Gasteiger partial charge on any atom is -0.320 e. The van der Waals surface area contributed by atoms with Crippen molar-refractivity contribution in [2.45, 2.75) is 0 Å². The molecule has 0 aliphatic heterocycles. The zero-order valence-electron chi connectivity index (χ0n) is 9.68. The van der Waals surface area contributed by atoms with Gasteiger partial charge < -0.3 is 5.32 Å². The monoisotopic (exact) mass is 363 g/mol. The number of benzene rings is 2. The standard InChI is InChI=1S/C13H6BrClF3NO/c14-9-3-7(17)4-10(15)12(9)19-13(20)8-2-1-6(16)5-11(8)18/h1-5H,(H,19,20). The van der Waals surface area contributed by atoms with Gasteiger partial charge in [-0.25, -0.2) is 13.2 Å². The largest absolute Gasteiger partial charge is 0.320 e. The highest BCUT2D eigenvalue weighted by molar-refractivity contribution is 9.10. The van der Waals surface area contributed by atoms with Crippen molar-refractivity contribution in [1.82, 2.24) is 0 Å². The van der Waals surface area contributed by atoms with E-state index in [-0.39, 0.29) is 20.7 Å². The minimum absolute atomic E-state index is 0.0484. The minimum atomic E-state index is -1.00. The lowest BCUT2D eigenvalue weighted by Gasteiger charge is -2.10. The van der Waals surface area contributed by atoms with Gasteiger partial charge in [0.25, 0.3) is 5.91 Å². The highest BCUT2D eigenvalue weighted by Gasteiger charge is 2.16. The van der Waals surface area contributed by atoms with Crippen molar-refractivity contribution in [3.8, 4) is 0 Å². The van der Waals surface area contributed by atoms with Crippen LogP contribution < -0.4 is 5.32 Å².